The molecule has 0 aliphatic rings. The molecule has 1 amide bonds. The van der Waals surface area contributed by atoms with Crippen molar-refractivity contribution in [1.29, 1.82) is 0 Å². The van der Waals surface area contributed by atoms with Gasteiger partial charge >= 0.3 is 0 Å². The van der Waals surface area contributed by atoms with Gasteiger partial charge in [0, 0.05) is 18.5 Å². The van der Waals surface area contributed by atoms with E-state index in [1.807, 2.05) is 38.1 Å². The van der Waals surface area contributed by atoms with Crippen LogP contribution < -0.4 is 15.8 Å². The number of nitrogens with two attached hydrogens (primary N) is 1. The minimum absolute atomic E-state index is 0.0321. The number of hydrogen-bond donors (Lipinski definition) is 2. The minimum Gasteiger partial charge on any atom is -0.497 e. The van der Waals surface area contributed by atoms with Gasteiger partial charge in [-0.05, 0) is 31.5 Å². The lowest BCUT2D eigenvalue weighted by Crippen LogP contribution is -2.32. The smallest absolute Gasteiger partial charge is 0.222 e. The van der Waals surface area contributed by atoms with Gasteiger partial charge in [0.1, 0.15) is 5.75 Å². The SMILES string of the molecule is COc1cccc(C(N)CC(=O)NC(C)C)c1. The second-order valence-electron chi connectivity index (χ2n) is 4.31. The quantitative estimate of drug-likeness (QED) is 0.816. The number of nitrogens with one attached hydrogen (secondary N) is 1. The maximum atomic E-state index is 11.6. The van der Waals surface area contributed by atoms with Gasteiger partial charge in [0.25, 0.3) is 0 Å². The number of methoxy groups -OCH3 is 1. The van der Waals surface area contributed by atoms with Crippen LogP contribution in [0.4, 0.5) is 0 Å². The summed E-state index contributed by atoms with van der Waals surface area (Å²) in [5.41, 5.74) is 6.88. The van der Waals surface area contributed by atoms with Gasteiger partial charge in [0.2, 0.25) is 5.91 Å². The summed E-state index contributed by atoms with van der Waals surface area (Å²) in [5.74, 6) is 0.720. The molecule has 0 spiro atoms. The van der Waals surface area contributed by atoms with E-state index in [-0.39, 0.29) is 24.4 Å². The lowest BCUT2D eigenvalue weighted by atomic mass is 10.0. The van der Waals surface area contributed by atoms with E-state index in [1.54, 1.807) is 7.11 Å². The zero-order chi connectivity index (χ0) is 12.8. The monoisotopic (exact) mass is 236 g/mol. The summed E-state index contributed by atoms with van der Waals surface area (Å²) >= 11 is 0. The highest BCUT2D eigenvalue weighted by Gasteiger charge is 2.12. The number of ether oxygens (including phenoxy) is 1. The molecular weight excluding hydrogens is 216 g/mol. The Balaban J connectivity index is 2.62. The van der Waals surface area contributed by atoms with Gasteiger partial charge in [-0.3, -0.25) is 4.79 Å². The number of amides is 1. The first-order chi connectivity index (χ1) is 8.02. The topological polar surface area (TPSA) is 64.3 Å². The molecule has 0 fully saturated rings. The van der Waals surface area contributed by atoms with Crippen molar-refractivity contribution in [3.8, 4) is 5.75 Å². The van der Waals surface area contributed by atoms with Crippen molar-refractivity contribution in [2.24, 2.45) is 5.73 Å². The fraction of sp³-hybridized carbons (Fsp3) is 0.462. The molecule has 94 valence electrons. The van der Waals surface area contributed by atoms with E-state index in [0.717, 1.165) is 11.3 Å². The molecule has 4 nitrogen and oxygen atoms in total. The van der Waals surface area contributed by atoms with Crippen LogP contribution >= 0.6 is 0 Å². The van der Waals surface area contributed by atoms with Crippen molar-refractivity contribution in [1.82, 2.24) is 5.32 Å². The molecule has 1 aromatic carbocycles. The predicted octanol–water partition coefficient (Wildman–Crippen LogP) is 1.61. The first kappa shape index (κ1) is 13.5. The molecule has 0 aliphatic heterocycles. The second kappa shape index (κ2) is 6.25. The third-order valence-electron chi connectivity index (χ3n) is 2.38. The standard InChI is InChI=1S/C13H20N2O2/c1-9(2)15-13(16)8-12(14)10-5-4-6-11(7-10)17-3/h4-7,9,12H,8,14H2,1-3H3,(H,15,16). The van der Waals surface area contributed by atoms with Gasteiger partial charge in [-0.2, -0.15) is 0 Å². The van der Waals surface area contributed by atoms with E-state index >= 15 is 0 Å². The fourth-order valence-electron chi connectivity index (χ4n) is 1.57. The van der Waals surface area contributed by atoms with E-state index in [4.69, 9.17) is 10.5 Å². The molecule has 1 atom stereocenters. The minimum atomic E-state index is -0.302. The molecule has 1 rings (SSSR count). The Morgan fingerprint density at radius 2 is 2.18 bits per heavy atom. The zero-order valence-corrected chi connectivity index (χ0v) is 10.6. The first-order valence-electron chi connectivity index (χ1n) is 5.72. The maximum Gasteiger partial charge on any atom is 0.222 e. The molecule has 0 bridgehead atoms. The summed E-state index contributed by atoms with van der Waals surface area (Å²) in [4.78, 5) is 11.6. The van der Waals surface area contributed by atoms with Crippen LogP contribution in [0.25, 0.3) is 0 Å². The maximum absolute atomic E-state index is 11.6. The molecule has 0 aliphatic carbocycles. The average Bonchev–Trinajstić information content (AvgIpc) is 2.27. The number of benzene rings is 1. The summed E-state index contributed by atoms with van der Waals surface area (Å²) in [6.07, 6.45) is 0.283. The first-order valence-corrected chi connectivity index (χ1v) is 5.72. The largest absolute Gasteiger partial charge is 0.497 e. The van der Waals surface area contributed by atoms with Crippen molar-refractivity contribution < 1.29 is 9.53 Å². The lowest BCUT2D eigenvalue weighted by Gasteiger charge is -2.14. The van der Waals surface area contributed by atoms with Crippen LogP contribution in [0.2, 0.25) is 0 Å². The van der Waals surface area contributed by atoms with E-state index < -0.39 is 0 Å². The number of hydrogen-bond acceptors (Lipinski definition) is 3. The third kappa shape index (κ3) is 4.44. The van der Waals surface area contributed by atoms with Crippen molar-refractivity contribution >= 4 is 5.91 Å². The van der Waals surface area contributed by atoms with Gasteiger partial charge in [-0.15, -0.1) is 0 Å². The summed E-state index contributed by atoms with van der Waals surface area (Å²) in [5, 5.41) is 2.82. The van der Waals surface area contributed by atoms with Crippen LogP contribution in [0.1, 0.15) is 31.9 Å². The highest BCUT2D eigenvalue weighted by Crippen LogP contribution is 2.19. The van der Waals surface area contributed by atoms with Crippen molar-refractivity contribution in [3.63, 3.8) is 0 Å². The second-order valence-corrected chi connectivity index (χ2v) is 4.31. The van der Waals surface area contributed by atoms with E-state index in [2.05, 4.69) is 5.32 Å². The summed E-state index contributed by atoms with van der Waals surface area (Å²) in [6.45, 7) is 3.85. The molecule has 0 saturated carbocycles. The lowest BCUT2D eigenvalue weighted by molar-refractivity contribution is -0.121. The third-order valence-corrected chi connectivity index (χ3v) is 2.38. The van der Waals surface area contributed by atoms with Gasteiger partial charge < -0.3 is 15.8 Å². The molecule has 0 radical (unpaired) electrons. The molecule has 1 aromatic rings. The van der Waals surface area contributed by atoms with Gasteiger partial charge in [-0.1, -0.05) is 12.1 Å². The number of rotatable bonds is 5. The highest BCUT2D eigenvalue weighted by molar-refractivity contribution is 5.77. The Bertz CT molecular complexity index is 377. The fourth-order valence-corrected chi connectivity index (χ4v) is 1.57. The Labute approximate surface area is 102 Å². The van der Waals surface area contributed by atoms with Crippen molar-refractivity contribution in [2.75, 3.05) is 7.11 Å². The zero-order valence-electron chi connectivity index (χ0n) is 10.6. The Morgan fingerprint density at radius 1 is 1.47 bits per heavy atom. The van der Waals surface area contributed by atoms with E-state index in [0.29, 0.717) is 0 Å². The molecule has 1 unspecified atom stereocenters. The van der Waals surface area contributed by atoms with Crippen LogP contribution in [-0.4, -0.2) is 19.1 Å². The molecule has 0 saturated heterocycles. The van der Waals surface area contributed by atoms with Crippen molar-refractivity contribution in [2.45, 2.75) is 32.4 Å². The molecule has 3 N–H and O–H groups in total. The Hall–Kier alpha value is -1.55. The molecular formula is C13H20N2O2. The highest BCUT2D eigenvalue weighted by atomic mass is 16.5. The van der Waals surface area contributed by atoms with Crippen LogP contribution in [0.15, 0.2) is 24.3 Å². The van der Waals surface area contributed by atoms with Crippen LogP contribution in [0, 0.1) is 0 Å². The normalized spacial score (nSPS) is 12.3. The Morgan fingerprint density at radius 3 is 2.76 bits per heavy atom. The predicted molar refractivity (Wildman–Crippen MR) is 67.8 cm³/mol. The average molecular weight is 236 g/mol. The summed E-state index contributed by atoms with van der Waals surface area (Å²) < 4.78 is 5.12. The Kier molecular flexibility index (Phi) is 4.97. The summed E-state index contributed by atoms with van der Waals surface area (Å²) in [6, 6.07) is 7.31. The molecule has 0 aromatic heterocycles. The van der Waals surface area contributed by atoms with Crippen LogP contribution in [-0.2, 0) is 4.79 Å². The van der Waals surface area contributed by atoms with Gasteiger partial charge in [0.05, 0.1) is 7.11 Å². The molecule has 17 heavy (non-hydrogen) atoms. The van der Waals surface area contributed by atoms with Gasteiger partial charge in [-0.25, -0.2) is 0 Å². The number of carbonyl (C=O) groups excluding carboxylic acids is 1. The van der Waals surface area contributed by atoms with Crippen LogP contribution in [0.5, 0.6) is 5.75 Å². The summed E-state index contributed by atoms with van der Waals surface area (Å²) in [7, 11) is 1.61. The van der Waals surface area contributed by atoms with Crippen molar-refractivity contribution in [3.05, 3.63) is 29.8 Å². The van der Waals surface area contributed by atoms with E-state index in [1.165, 1.54) is 0 Å². The van der Waals surface area contributed by atoms with Gasteiger partial charge in [0.15, 0.2) is 0 Å². The molecule has 0 heterocycles. The van der Waals surface area contributed by atoms with E-state index in [9.17, 15) is 4.79 Å². The number of carbonyl (C=O) groups is 1. The van der Waals surface area contributed by atoms with Crippen LogP contribution in [0.3, 0.4) is 0 Å². The molecule has 4 heteroatoms.